The molecule has 1 atom stereocenters. The minimum Gasteiger partial charge on any atom is -1.00 e. The molecule has 0 fully saturated rings. The molecule has 2 aliphatic rings. The Morgan fingerprint density at radius 2 is 1.71 bits per heavy atom. The number of allylic oxidation sites excluding steroid dienone is 5. The van der Waals surface area contributed by atoms with Gasteiger partial charge in [-0.1, -0.05) is 0 Å². The molecule has 0 spiro atoms. The van der Waals surface area contributed by atoms with Crippen LogP contribution in [-0.4, -0.2) is 12.2 Å². The van der Waals surface area contributed by atoms with Crippen molar-refractivity contribution in [2.24, 2.45) is 10.8 Å². The van der Waals surface area contributed by atoms with Crippen LogP contribution in [0.5, 0.6) is 0 Å². The number of rotatable bonds is 6. The summed E-state index contributed by atoms with van der Waals surface area (Å²) in [5, 5.41) is 0. The van der Waals surface area contributed by atoms with E-state index in [1.54, 1.807) is 0 Å². The van der Waals surface area contributed by atoms with E-state index in [1.807, 2.05) is 0 Å². The minimum absolute atomic E-state index is 0. The maximum atomic E-state index is 6.74. The Hall–Kier alpha value is 0.214. The molecule has 0 aliphatic heterocycles. The summed E-state index contributed by atoms with van der Waals surface area (Å²) < 4.78 is 8.24. The van der Waals surface area contributed by atoms with Gasteiger partial charge in [0.15, 0.2) is 0 Å². The minimum atomic E-state index is -0.201. The average molecular weight is 460 g/mol. The molecule has 0 radical (unpaired) electrons. The van der Waals surface area contributed by atoms with Crippen LogP contribution in [0.1, 0.15) is 80.6 Å². The van der Waals surface area contributed by atoms with Crippen molar-refractivity contribution in [3.05, 3.63) is 44.9 Å². The standard InChI is InChI=1S/C24H37O.2ClH.Ti/c1-8-9-16-25-24(18-19-12-10-11-13-19)15-14-20(22(2,3)4)17-21(24)23(5,6)7;;;/h10,12,14,17H,8-9,11,15-16,18H2,1-7H3;2*1H;/q;;;+2/p-2. The summed E-state index contributed by atoms with van der Waals surface area (Å²) in [4.78, 5) is 0. The zero-order valence-electron chi connectivity index (χ0n) is 18.7. The molecule has 0 heterocycles. The summed E-state index contributed by atoms with van der Waals surface area (Å²) in [5.74, 6) is 0. The quantitative estimate of drug-likeness (QED) is 0.426. The van der Waals surface area contributed by atoms with Crippen molar-refractivity contribution in [3.63, 3.8) is 0 Å². The van der Waals surface area contributed by atoms with Crippen LogP contribution in [-0.2, 0) is 25.2 Å². The predicted molar refractivity (Wildman–Crippen MR) is 109 cm³/mol. The topological polar surface area (TPSA) is 9.23 Å². The average Bonchev–Trinajstić information content (AvgIpc) is 2.90. The predicted octanol–water partition coefficient (Wildman–Crippen LogP) is 1.05. The van der Waals surface area contributed by atoms with Crippen LogP contribution in [0, 0.1) is 10.8 Å². The molecule has 0 N–H and O–H groups in total. The summed E-state index contributed by atoms with van der Waals surface area (Å²) >= 11 is 2.27. The molecule has 0 amide bonds. The third kappa shape index (κ3) is 6.88. The van der Waals surface area contributed by atoms with E-state index in [0.29, 0.717) is 0 Å². The fourth-order valence-corrected chi connectivity index (χ4v) is 4.40. The van der Waals surface area contributed by atoms with Gasteiger partial charge in [-0.15, -0.1) is 0 Å². The molecular weight excluding hydrogens is 423 g/mol. The Labute approximate surface area is 197 Å². The van der Waals surface area contributed by atoms with E-state index in [4.69, 9.17) is 4.74 Å². The molecule has 0 aromatic heterocycles. The largest absolute Gasteiger partial charge is 1.00 e. The van der Waals surface area contributed by atoms with E-state index < -0.39 is 0 Å². The number of hydrogen-bond donors (Lipinski definition) is 0. The molecule has 0 aromatic rings. The first-order valence-corrected chi connectivity index (χ1v) is 10.9. The third-order valence-electron chi connectivity index (χ3n) is 5.50. The van der Waals surface area contributed by atoms with Crippen molar-refractivity contribution in [2.75, 3.05) is 6.61 Å². The van der Waals surface area contributed by atoms with Crippen molar-refractivity contribution in [2.45, 2.75) is 86.2 Å². The van der Waals surface area contributed by atoms with Crippen LogP contribution >= 0.6 is 0 Å². The van der Waals surface area contributed by atoms with E-state index in [9.17, 15) is 0 Å². The van der Waals surface area contributed by atoms with Gasteiger partial charge >= 0.3 is 174 Å². The smallest absolute Gasteiger partial charge is 1.00 e. The van der Waals surface area contributed by atoms with E-state index >= 15 is 0 Å². The van der Waals surface area contributed by atoms with Crippen LogP contribution in [0.4, 0.5) is 0 Å². The molecule has 2 rings (SSSR count). The fourth-order valence-electron chi connectivity index (χ4n) is 3.94. The third-order valence-corrected chi connectivity index (χ3v) is 6.32. The zero-order valence-corrected chi connectivity index (χ0v) is 21.8. The Morgan fingerprint density at radius 1 is 1.07 bits per heavy atom. The first-order valence-electron chi connectivity index (χ1n) is 10.2. The monoisotopic (exact) mass is 459 g/mol. The molecule has 1 unspecified atom stereocenters. The van der Waals surface area contributed by atoms with Crippen LogP contribution in [0.3, 0.4) is 0 Å². The molecule has 2 aliphatic carbocycles. The Balaban J connectivity index is 0.00000364. The van der Waals surface area contributed by atoms with E-state index in [1.165, 1.54) is 27.0 Å². The van der Waals surface area contributed by atoms with Crippen LogP contribution in [0.2, 0.25) is 0 Å². The first-order chi connectivity index (χ1) is 12.0. The van der Waals surface area contributed by atoms with E-state index in [-0.39, 0.29) is 41.2 Å². The van der Waals surface area contributed by atoms with Gasteiger partial charge in [0.05, 0.1) is 0 Å². The van der Waals surface area contributed by atoms with Crippen LogP contribution in [0.15, 0.2) is 44.9 Å². The second kappa shape index (κ2) is 11.0. The van der Waals surface area contributed by atoms with Crippen LogP contribution in [0.25, 0.3) is 0 Å². The van der Waals surface area contributed by atoms with Crippen LogP contribution < -0.4 is 24.8 Å². The summed E-state index contributed by atoms with van der Waals surface area (Å²) in [7, 11) is 0. The van der Waals surface area contributed by atoms with Crippen molar-refractivity contribution < 1.29 is 50.0 Å². The SMILES string of the molecule is CCCCOC1(CC2=[C]([Ti+2])CC=C2)CC=C(C(C)(C)C)C=C1C(C)(C)C.[Cl-].[Cl-]. The Kier molecular flexibility index (Phi) is 11.1. The summed E-state index contributed by atoms with van der Waals surface area (Å²) in [6, 6.07) is 0. The molecule has 28 heavy (non-hydrogen) atoms. The van der Waals surface area contributed by atoms with Gasteiger partial charge in [0, 0.05) is 0 Å². The summed E-state index contributed by atoms with van der Waals surface area (Å²) in [5.41, 5.74) is 4.46. The second-order valence-electron chi connectivity index (χ2n) is 9.90. The van der Waals surface area contributed by atoms with Gasteiger partial charge in [-0.2, -0.15) is 0 Å². The molecule has 0 bridgehead atoms. The molecule has 1 nitrogen and oxygen atoms in total. The number of ether oxygens (including phenoxy) is 1. The van der Waals surface area contributed by atoms with Gasteiger partial charge < -0.3 is 24.8 Å². The fraction of sp³-hybridized carbons (Fsp3) is 0.667. The first kappa shape index (κ1) is 28.2. The van der Waals surface area contributed by atoms with Gasteiger partial charge in [-0.25, -0.2) is 0 Å². The second-order valence-corrected chi connectivity index (χ2v) is 10.8. The van der Waals surface area contributed by atoms with E-state index in [0.717, 1.165) is 32.3 Å². The van der Waals surface area contributed by atoms with Crippen molar-refractivity contribution in [3.8, 4) is 0 Å². The molecule has 0 saturated heterocycles. The number of hydrogen-bond acceptors (Lipinski definition) is 1. The maximum Gasteiger partial charge on any atom is -1.00 e. The van der Waals surface area contributed by atoms with Crippen molar-refractivity contribution in [1.29, 1.82) is 0 Å². The van der Waals surface area contributed by atoms with Gasteiger partial charge in [-0.3, -0.25) is 0 Å². The van der Waals surface area contributed by atoms with Gasteiger partial charge in [0.2, 0.25) is 0 Å². The molecule has 0 saturated carbocycles. The van der Waals surface area contributed by atoms with Crippen molar-refractivity contribution in [1.82, 2.24) is 0 Å². The van der Waals surface area contributed by atoms with Gasteiger partial charge in [-0.05, 0) is 0 Å². The van der Waals surface area contributed by atoms with Crippen molar-refractivity contribution >= 4 is 0 Å². The Bertz CT molecular complexity index is 644. The van der Waals surface area contributed by atoms with E-state index in [2.05, 4.69) is 93.2 Å². The van der Waals surface area contributed by atoms with Gasteiger partial charge in [0.1, 0.15) is 0 Å². The number of unbranched alkanes of at least 4 members (excludes halogenated alkanes) is 1. The zero-order chi connectivity index (χ0) is 19.6. The molecule has 0 aromatic carbocycles. The Morgan fingerprint density at radius 3 is 2.18 bits per heavy atom. The molecule has 4 heteroatoms. The van der Waals surface area contributed by atoms with Gasteiger partial charge in [0.25, 0.3) is 0 Å². The maximum absolute atomic E-state index is 6.74. The molecule has 157 valence electrons. The number of halogens is 2. The summed E-state index contributed by atoms with van der Waals surface area (Å²) in [6.07, 6.45) is 14.9. The summed E-state index contributed by atoms with van der Waals surface area (Å²) in [6.45, 7) is 17.0. The molecular formula is C24H37Cl2OTi. The normalized spacial score (nSPS) is 22.5.